The fraction of sp³-hybridized carbons (Fsp3) is 0.286. The third kappa shape index (κ3) is 10.1. The minimum absolute atomic E-state index is 0.0834. The molecule has 8 atom stereocenters. The average molecular weight is 985 g/mol. The van der Waals surface area contributed by atoms with Gasteiger partial charge in [0.1, 0.15) is 69.0 Å². The van der Waals surface area contributed by atoms with Gasteiger partial charge in [-0.3, -0.25) is 0 Å². The van der Waals surface area contributed by atoms with E-state index < -0.39 is 48.1 Å². The molecule has 0 saturated carbocycles. The van der Waals surface area contributed by atoms with Crippen LogP contribution >= 0.6 is 0 Å². The molecule has 16 N–H and O–H groups in total. The summed E-state index contributed by atoms with van der Waals surface area (Å²) in [6, 6.07) is 10.3. The molecule has 0 amide bonds. The van der Waals surface area contributed by atoms with Crippen molar-refractivity contribution in [2.45, 2.75) is 75.8 Å². The van der Waals surface area contributed by atoms with E-state index in [1.54, 1.807) is 0 Å². The van der Waals surface area contributed by atoms with E-state index in [4.69, 9.17) is 0 Å². The summed E-state index contributed by atoms with van der Waals surface area (Å²) in [5.74, 6) is -5.86. The highest BCUT2D eigenvalue weighted by atomic mass is 16.3. The smallest absolute Gasteiger partial charge is 0.119 e. The summed E-state index contributed by atoms with van der Waals surface area (Å²) in [5.41, 5.74) is 2.50. The highest BCUT2D eigenvalue weighted by Crippen LogP contribution is 2.42. The number of hydrogen-bond acceptors (Lipinski definition) is 16. The van der Waals surface area contributed by atoms with Crippen LogP contribution in [0.2, 0.25) is 0 Å². The molecular weight excluding hydrogens is 929 g/mol. The lowest BCUT2D eigenvalue weighted by atomic mass is 9.79. The molecule has 0 radical (unpaired) electrons. The van der Waals surface area contributed by atoms with Crippen molar-refractivity contribution < 1.29 is 81.7 Å². The first-order valence-corrected chi connectivity index (χ1v) is 23.5. The van der Waals surface area contributed by atoms with Gasteiger partial charge in [0.15, 0.2) is 0 Å². The molecule has 376 valence electrons. The van der Waals surface area contributed by atoms with E-state index in [1.165, 1.54) is 97.1 Å². The van der Waals surface area contributed by atoms with Crippen LogP contribution < -0.4 is 0 Å². The summed E-state index contributed by atoms with van der Waals surface area (Å²) in [4.78, 5) is 0. The van der Waals surface area contributed by atoms with Crippen LogP contribution in [0, 0.1) is 23.7 Å². The molecule has 0 heterocycles. The number of aliphatic hydroxyl groups excluding tert-OH is 8. The molecule has 0 spiro atoms. The Morgan fingerprint density at radius 1 is 0.236 bits per heavy atom. The van der Waals surface area contributed by atoms with Crippen molar-refractivity contribution in [1.82, 2.24) is 0 Å². The van der Waals surface area contributed by atoms with Crippen molar-refractivity contribution >= 4 is 0 Å². The van der Waals surface area contributed by atoms with Crippen LogP contribution in [0.3, 0.4) is 0 Å². The molecule has 26 aliphatic rings. The summed E-state index contributed by atoms with van der Waals surface area (Å²) in [6.45, 7) is 0. The van der Waals surface area contributed by atoms with Crippen LogP contribution in [0.4, 0.5) is 0 Å². The summed E-state index contributed by atoms with van der Waals surface area (Å²) >= 11 is 0. The van der Waals surface area contributed by atoms with Gasteiger partial charge in [0.05, 0.1) is 24.4 Å². The Morgan fingerprint density at radius 3 is 0.583 bits per heavy atom. The molecule has 72 heavy (non-hydrogen) atoms. The number of hydrogen-bond donors (Lipinski definition) is 16. The maximum atomic E-state index is 11.2. The molecule has 16 nitrogen and oxygen atoms in total. The second-order valence-electron chi connectivity index (χ2n) is 19.6. The second-order valence-corrected chi connectivity index (χ2v) is 19.6. The minimum atomic E-state index is -1.16. The van der Waals surface area contributed by atoms with Crippen molar-refractivity contribution in [2.24, 2.45) is 23.7 Å². The van der Waals surface area contributed by atoms with Crippen LogP contribution in [0.15, 0.2) is 142 Å². The van der Waals surface area contributed by atoms with Crippen molar-refractivity contribution in [2.75, 3.05) is 0 Å². The van der Waals surface area contributed by atoms with E-state index in [-0.39, 0.29) is 187 Å². The van der Waals surface area contributed by atoms with E-state index >= 15 is 0 Å². The molecular formula is C56H56O16. The monoisotopic (exact) mass is 984 g/mol. The Balaban J connectivity index is 1.00. The molecule has 0 aliphatic heterocycles. The summed E-state index contributed by atoms with van der Waals surface area (Å²) in [5, 5.41) is 178. The lowest BCUT2D eigenvalue weighted by Gasteiger charge is -2.30. The normalized spacial score (nSPS) is 25.8. The number of allylic oxidation sites excluding steroid dienone is 4. The van der Waals surface area contributed by atoms with Crippen LogP contribution in [0.1, 0.15) is 57.3 Å². The first kappa shape index (κ1) is 49.2. The highest BCUT2D eigenvalue weighted by Gasteiger charge is 2.33. The fourth-order valence-electron chi connectivity index (χ4n) is 10.4. The second kappa shape index (κ2) is 19.4. The molecule has 0 aromatic heterocycles. The summed E-state index contributed by atoms with van der Waals surface area (Å²) in [7, 11) is 0. The van der Waals surface area contributed by atoms with E-state index in [2.05, 4.69) is 0 Å². The molecule has 8 unspecified atom stereocenters. The quantitative estimate of drug-likeness (QED) is 0.0824. The van der Waals surface area contributed by atoms with Gasteiger partial charge in [0.2, 0.25) is 0 Å². The first-order chi connectivity index (χ1) is 34.2. The molecule has 0 fully saturated rings. The van der Waals surface area contributed by atoms with Gasteiger partial charge in [0.25, 0.3) is 0 Å². The number of phenolic OH excluding ortho intramolecular Hbond substituents is 8. The van der Waals surface area contributed by atoms with Crippen molar-refractivity contribution in [3.8, 4) is 46.0 Å². The van der Waals surface area contributed by atoms with Crippen molar-refractivity contribution in [3.63, 3.8) is 0 Å². The Bertz CT molecular complexity index is 2700. The first-order valence-electron chi connectivity index (χ1n) is 23.5. The van der Waals surface area contributed by atoms with E-state index in [1.807, 2.05) is 0 Å². The standard InChI is InChI=1S/C56H56O16/c57-41-11-27-2-29-13-47(63)31(15-45(29)61)4-33-17-51(67)35(19-49(33)65)6-37-21-55(71)39(23-53(37)69)8-40-24-54(70)38(22-56(40)72)7-36-20-50(66)34(18-52(36)68)5-32-16-46(62)30(14-48(32)64)3-28-12-42(58)26(10-44(28)60)1-25(41)9-43(27)59/h9-26,39-42,55-72H,1-8H2. The molecule has 4 aromatic rings. The van der Waals surface area contributed by atoms with Gasteiger partial charge < -0.3 is 81.7 Å². The Kier molecular flexibility index (Phi) is 13.3. The SMILES string of the molecule is OC1=CC2CC3C=C(O)C(=CC3O)Cc3cc(O)c(cc3O)Cc3cc(O)c(cc3O)CC3=CC(O)C(C=C3O)CC3C=C(O)C(=CC3O)Cc3cc(O)c(cc3O)Cc3cc(O)c(cc3O)CC1=CC2O. The third-order valence-corrected chi connectivity index (χ3v) is 14.5. The van der Waals surface area contributed by atoms with E-state index in [0.717, 1.165) is 0 Å². The predicted octanol–water partition coefficient (Wildman–Crippen LogP) is 6.61. The lowest BCUT2D eigenvalue weighted by molar-refractivity contribution is 0.118. The third-order valence-electron chi connectivity index (χ3n) is 14.5. The predicted molar refractivity (Wildman–Crippen MR) is 262 cm³/mol. The number of benzene rings is 4. The van der Waals surface area contributed by atoms with E-state index in [9.17, 15) is 81.7 Å². The maximum Gasteiger partial charge on any atom is 0.119 e. The molecule has 16 bridgehead atoms. The van der Waals surface area contributed by atoms with Gasteiger partial charge >= 0.3 is 0 Å². The zero-order valence-electron chi connectivity index (χ0n) is 38.7. The van der Waals surface area contributed by atoms with Crippen LogP contribution in [-0.4, -0.2) is 106 Å². The minimum Gasteiger partial charge on any atom is -0.508 e. The molecule has 4 aromatic carbocycles. The van der Waals surface area contributed by atoms with Gasteiger partial charge in [-0.1, -0.05) is 0 Å². The van der Waals surface area contributed by atoms with E-state index in [0.29, 0.717) is 0 Å². The number of aromatic hydroxyl groups is 8. The van der Waals surface area contributed by atoms with Crippen molar-refractivity contribution in [3.05, 3.63) is 187 Å². The fourth-order valence-corrected chi connectivity index (χ4v) is 10.4. The van der Waals surface area contributed by atoms with Crippen LogP contribution in [-0.2, 0) is 38.5 Å². The van der Waals surface area contributed by atoms with Crippen LogP contribution in [0.25, 0.3) is 0 Å². The average Bonchev–Trinajstić information content (AvgIpc) is 3.30. The molecule has 0 saturated heterocycles. The lowest BCUT2D eigenvalue weighted by Crippen LogP contribution is -2.29. The highest BCUT2D eigenvalue weighted by molar-refractivity contribution is 5.56. The van der Waals surface area contributed by atoms with Gasteiger partial charge in [-0.05, 0) is 132 Å². The van der Waals surface area contributed by atoms with Crippen molar-refractivity contribution in [1.29, 1.82) is 0 Å². The van der Waals surface area contributed by atoms with Crippen LogP contribution in [0.5, 0.6) is 46.0 Å². The topological polar surface area (TPSA) is 324 Å². The number of aliphatic hydroxyl groups is 8. The zero-order chi connectivity index (χ0) is 51.4. The Labute approximate surface area is 412 Å². The summed E-state index contributed by atoms with van der Waals surface area (Å²) in [6.07, 6.45) is 6.07. The number of rotatable bonds is 0. The van der Waals surface area contributed by atoms with Gasteiger partial charge in [-0.25, -0.2) is 0 Å². The Hall–Kier alpha value is -7.76. The van der Waals surface area contributed by atoms with Gasteiger partial charge in [-0.15, -0.1) is 0 Å². The Morgan fingerprint density at radius 2 is 0.403 bits per heavy atom. The molecule has 16 heteroatoms. The molecule has 26 aliphatic carbocycles. The molecule has 30 rings (SSSR count). The van der Waals surface area contributed by atoms with Gasteiger partial charge in [-0.2, -0.15) is 0 Å². The maximum absolute atomic E-state index is 11.2. The number of phenols is 8. The summed E-state index contributed by atoms with van der Waals surface area (Å²) < 4.78 is 0. The largest absolute Gasteiger partial charge is 0.508 e. The zero-order valence-corrected chi connectivity index (χ0v) is 38.7. The van der Waals surface area contributed by atoms with Gasteiger partial charge in [0, 0.05) is 107 Å².